The average Bonchev–Trinajstić information content (AvgIpc) is 1.48. The summed E-state index contributed by atoms with van der Waals surface area (Å²) in [4.78, 5) is 0. The first-order valence-corrected chi connectivity index (χ1v) is 44.1. The summed E-state index contributed by atoms with van der Waals surface area (Å²) in [6, 6.07) is 39.3. The smallest absolute Gasteiger partial charge is 0.261 e. The van der Waals surface area contributed by atoms with Crippen LogP contribution in [0.3, 0.4) is 0 Å². The van der Waals surface area contributed by atoms with Gasteiger partial charge in [0.15, 0.2) is 30.7 Å². The molecule has 0 amide bonds. The minimum atomic E-state index is -3.07. The van der Waals surface area contributed by atoms with Crippen LogP contribution in [0, 0.1) is 11.7 Å². The molecule has 4 aromatic rings. The second kappa shape index (κ2) is 34.0. The Morgan fingerprint density at radius 2 is 1.31 bits per heavy atom. The van der Waals surface area contributed by atoms with E-state index in [0.717, 1.165) is 72.7 Å². The lowest BCUT2D eigenvalue weighted by Crippen LogP contribution is -2.68. The number of benzene rings is 4. The normalized spacial score (nSPS) is 18.3. The molecule has 0 bridgehead atoms. The van der Waals surface area contributed by atoms with Crippen LogP contribution in [0.2, 0.25) is 57.9 Å². The summed E-state index contributed by atoms with van der Waals surface area (Å²) < 4.78 is 84.5. The molecular formula is C76H121FO10Si4. The largest absolute Gasteiger partial charge is 0.497 e. The molecule has 15 heteroatoms. The summed E-state index contributed by atoms with van der Waals surface area (Å²) in [5.41, 5.74) is 7.17. The van der Waals surface area contributed by atoms with Gasteiger partial charge in [-0.15, -0.1) is 5.73 Å². The van der Waals surface area contributed by atoms with E-state index in [1.165, 1.54) is 16.4 Å². The molecule has 6 atom stereocenters. The van der Waals surface area contributed by atoms with Crippen molar-refractivity contribution >= 4 is 43.6 Å². The number of methoxy groups -OCH3 is 1. The predicted octanol–water partition coefficient (Wildman–Crippen LogP) is 18.8. The van der Waals surface area contributed by atoms with Crippen LogP contribution >= 0.6 is 0 Å². The highest BCUT2D eigenvalue weighted by Crippen LogP contribution is 2.46. The van der Waals surface area contributed by atoms with Crippen LogP contribution in [0.25, 0.3) is 0 Å². The maximum atomic E-state index is 14.7. The molecule has 2 saturated heterocycles. The Hall–Kier alpha value is -3.36. The number of hydrogen-bond acceptors (Lipinski definition) is 10. The van der Waals surface area contributed by atoms with Gasteiger partial charge in [-0.2, -0.15) is 0 Å². The van der Waals surface area contributed by atoms with Gasteiger partial charge < -0.3 is 46.1 Å². The fourth-order valence-corrected chi connectivity index (χ4v) is 28.9. The molecule has 2 aliphatic heterocycles. The van der Waals surface area contributed by atoms with Crippen LogP contribution in [-0.4, -0.2) is 109 Å². The Bertz CT molecular complexity index is 2770. The Kier molecular flexibility index (Phi) is 28.7. The summed E-state index contributed by atoms with van der Waals surface area (Å²) >= 11 is 0. The van der Waals surface area contributed by atoms with Gasteiger partial charge >= 0.3 is 0 Å². The van der Waals surface area contributed by atoms with Crippen molar-refractivity contribution in [3.63, 3.8) is 0 Å². The van der Waals surface area contributed by atoms with Crippen LogP contribution in [0.15, 0.2) is 127 Å². The highest BCUT2D eigenvalue weighted by molar-refractivity contribution is 6.99. The van der Waals surface area contributed by atoms with E-state index in [-0.39, 0.29) is 52.8 Å². The zero-order valence-corrected chi connectivity index (χ0v) is 64.1. The van der Waals surface area contributed by atoms with Gasteiger partial charge in [0, 0.05) is 44.3 Å². The minimum absolute atomic E-state index is 0.0677. The third kappa shape index (κ3) is 20.3. The van der Waals surface area contributed by atoms with Crippen molar-refractivity contribution in [2.75, 3.05) is 40.1 Å². The lowest BCUT2D eigenvalue weighted by Gasteiger charge is -2.48. The molecule has 0 aliphatic carbocycles. The molecule has 0 aromatic heterocycles. The monoisotopic (exact) mass is 1320 g/mol. The molecule has 0 saturated carbocycles. The zero-order valence-electron chi connectivity index (χ0n) is 60.1. The molecule has 0 radical (unpaired) electrons. The van der Waals surface area contributed by atoms with Gasteiger partial charge in [0.2, 0.25) is 0 Å². The average molecular weight is 1330 g/mol. The van der Waals surface area contributed by atoms with Gasteiger partial charge in [-0.05, 0) is 142 Å². The van der Waals surface area contributed by atoms with Crippen molar-refractivity contribution in [3.05, 3.63) is 144 Å². The Morgan fingerprint density at radius 1 is 0.714 bits per heavy atom. The van der Waals surface area contributed by atoms with Gasteiger partial charge in [-0.25, -0.2) is 4.39 Å². The molecule has 0 N–H and O–H groups in total. The summed E-state index contributed by atoms with van der Waals surface area (Å²) in [7, 11) is -7.93. The predicted molar refractivity (Wildman–Crippen MR) is 383 cm³/mol. The van der Waals surface area contributed by atoms with E-state index in [1.807, 2.05) is 18.2 Å². The van der Waals surface area contributed by atoms with Gasteiger partial charge in [0.1, 0.15) is 23.3 Å². The maximum absolute atomic E-state index is 14.7. The number of rotatable bonds is 39. The SMILES string of the molecule is CC[Si](CC)(CC)O[C@](COCc1ccc(OC)cc1)(CO[Si](c1ccccc1)(c1ccccc1)C(C)(C)C)C[C@@H]1O[C@H]1[C@H](CC(C)=C=CCCC1(CCC[C@H](O[Si](C)(C)C(C)(C)C)[C@@H](C)CO[Si](C(C)C)(C(C)C)C(C)C)OCCO1)OCc1cccc(F)c1. The third-order valence-corrected chi connectivity index (χ3v) is 40.9. The van der Waals surface area contributed by atoms with E-state index >= 15 is 0 Å². The summed E-state index contributed by atoms with van der Waals surface area (Å²) in [6.07, 6.45) is 6.48. The van der Waals surface area contributed by atoms with Crippen molar-refractivity contribution < 1.29 is 50.5 Å². The fourth-order valence-electron chi connectivity index (χ4n) is 14.2. The maximum Gasteiger partial charge on any atom is 0.261 e. The van der Waals surface area contributed by atoms with Gasteiger partial charge in [-0.3, -0.25) is 0 Å². The van der Waals surface area contributed by atoms with Crippen molar-refractivity contribution in [1.29, 1.82) is 0 Å². The van der Waals surface area contributed by atoms with Crippen molar-refractivity contribution in [1.82, 2.24) is 0 Å². The quantitative estimate of drug-likeness (QED) is 0.0244. The second-order valence-electron chi connectivity index (χ2n) is 30.0. The van der Waals surface area contributed by atoms with Crippen molar-refractivity contribution in [3.8, 4) is 5.75 Å². The van der Waals surface area contributed by atoms with Crippen molar-refractivity contribution in [2.24, 2.45) is 5.92 Å². The van der Waals surface area contributed by atoms with Crippen LogP contribution < -0.4 is 15.1 Å². The first kappa shape index (κ1) is 76.7. The molecule has 0 spiro atoms. The molecule has 2 fully saturated rings. The minimum Gasteiger partial charge on any atom is -0.497 e. The van der Waals surface area contributed by atoms with Crippen molar-refractivity contribution in [2.45, 2.75) is 270 Å². The van der Waals surface area contributed by atoms with Crippen LogP contribution in [0.5, 0.6) is 5.75 Å². The first-order valence-electron chi connectivity index (χ1n) is 34.7. The van der Waals surface area contributed by atoms with E-state index in [2.05, 4.69) is 215 Å². The molecular weight excluding hydrogens is 1200 g/mol. The summed E-state index contributed by atoms with van der Waals surface area (Å²) in [5.74, 6) is 0.0762. The Balaban J connectivity index is 1.27. The Morgan fingerprint density at radius 3 is 1.84 bits per heavy atom. The highest BCUT2D eigenvalue weighted by atomic mass is 28.4. The Labute approximate surface area is 556 Å². The molecule has 2 aliphatic rings. The van der Waals surface area contributed by atoms with E-state index in [0.29, 0.717) is 69.1 Å². The molecule has 2 heterocycles. The van der Waals surface area contributed by atoms with Gasteiger partial charge in [0.05, 0.1) is 59.0 Å². The number of hydrogen-bond donors (Lipinski definition) is 0. The van der Waals surface area contributed by atoms with Crippen LogP contribution in [-0.2, 0) is 54.6 Å². The van der Waals surface area contributed by atoms with E-state index < -0.39 is 44.7 Å². The highest BCUT2D eigenvalue weighted by Gasteiger charge is 2.56. The zero-order chi connectivity index (χ0) is 66.9. The summed E-state index contributed by atoms with van der Waals surface area (Å²) in [6.45, 7) is 47.3. The van der Waals surface area contributed by atoms with Gasteiger partial charge in [0.25, 0.3) is 8.32 Å². The number of epoxide rings is 1. The van der Waals surface area contributed by atoms with E-state index in [9.17, 15) is 4.39 Å². The number of halogens is 1. The molecule has 0 unspecified atom stereocenters. The second-order valence-corrected chi connectivity index (χ2v) is 49.3. The lowest BCUT2D eigenvalue weighted by atomic mass is 9.95. The van der Waals surface area contributed by atoms with E-state index in [1.54, 1.807) is 19.2 Å². The fraction of sp³-hybridized carbons (Fsp3) is 0.645. The van der Waals surface area contributed by atoms with Crippen LogP contribution in [0.4, 0.5) is 4.39 Å². The third-order valence-electron chi connectivity index (χ3n) is 20.6. The molecule has 6 rings (SSSR count). The topological polar surface area (TPSA) is 95.6 Å². The molecule has 10 nitrogen and oxygen atoms in total. The molecule has 4 aromatic carbocycles. The molecule has 91 heavy (non-hydrogen) atoms. The summed E-state index contributed by atoms with van der Waals surface area (Å²) in [5, 5.41) is 2.22. The van der Waals surface area contributed by atoms with Crippen LogP contribution in [0.1, 0.15) is 174 Å². The standard InChI is InChI=1S/C76H121FO10Si4/c1-21-89(22-2,23-3)87-75(56-79-54-63-42-44-66(78-18)45-43-63,57-84-91(74(15,16)17,67-37-26-24-27-38-67)68-39-28-25-29-40-68)52-71-72(85-71)70(80-55-64-35-32-36-65(77)51-64)50-61(10)34-30-31-46-76(81-48-49-82-76)47-33-41-69(86-88(19,20)73(12,13)14)62(11)53-83-90(58(4)5,59(6)7)60(8)9/h24-30,32,35-40,42-45,51,58-60,62,69-72H,21-23,31,33,41,46-50,52-57H2,1-20H3/t34?,62-,69-,70-,71-,72-,75+/m0/s1. The lowest BCUT2D eigenvalue weighted by molar-refractivity contribution is -0.167. The number of ether oxygens (including phenoxy) is 6. The first-order chi connectivity index (χ1) is 43.0. The van der Waals surface area contributed by atoms with E-state index in [4.69, 9.17) is 46.1 Å². The van der Waals surface area contributed by atoms with Gasteiger partial charge in [-0.1, -0.05) is 196 Å². The molecule has 508 valence electrons.